The average Bonchev–Trinajstić information content (AvgIpc) is 3.07. The number of hydrogen-bond acceptors (Lipinski definition) is 3. The lowest BCUT2D eigenvalue weighted by Gasteiger charge is -2.33. The SMILES string of the molecule is CCN(CC(F)(F)F)CC(C#N)(NC)C1CC1. The number of nitrogens with zero attached hydrogens (tertiary/aromatic N) is 2. The van der Waals surface area contributed by atoms with E-state index >= 15 is 0 Å². The average molecular weight is 249 g/mol. The van der Waals surface area contributed by atoms with Gasteiger partial charge in [0.05, 0.1) is 12.6 Å². The lowest BCUT2D eigenvalue weighted by atomic mass is 9.94. The van der Waals surface area contributed by atoms with Crippen LogP contribution in [-0.2, 0) is 0 Å². The van der Waals surface area contributed by atoms with Gasteiger partial charge in [0.2, 0.25) is 0 Å². The lowest BCUT2D eigenvalue weighted by molar-refractivity contribution is -0.147. The first kappa shape index (κ1) is 14.3. The molecule has 0 spiro atoms. The summed E-state index contributed by atoms with van der Waals surface area (Å²) in [4.78, 5) is 1.28. The van der Waals surface area contributed by atoms with Gasteiger partial charge in [-0.3, -0.25) is 4.90 Å². The van der Waals surface area contributed by atoms with Crippen LogP contribution in [0.1, 0.15) is 19.8 Å². The van der Waals surface area contributed by atoms with Crippen molar-refractivity contribution in [1.82, 2.24) is 10.2 Å². The van der Waals surface area contributed by atoms with Crippen molar-refractivity contribution in [2.75, 3.05) is 26.7 Å². The summed E-state index contributed by atoms with van der Waals surface area (Å²) in [5.74, 6) is 0.180. The number of nitrogens with one attached hydrogen (secondary N) is 1. The highest BCUT2D eigenvalue weighted by Crippen LogP contribution is 2.40. The van der Waals surface area contributed by atoms with Crippen LogP contribution in [0.25, 0.3) is 0 Å². The fourth-order valence-electron chi connectivity index (χ4n) is 2.06. The molecule has 17 heavy (non-hydrogen) atoms. The van der Waals surface area contributed by atoms with Crippen molar-refractivity contribution in [3.63, 3.8) is 0 Å². The molecule has 1 atom stereocenters. The molecule has 0 aromatic carbocycles. The zero-order valence-electron chi connectivity index (χ0n) is 10.1. The second-order valence-corrected chi connectivity index (χ2v) is 4.53. The van der Waals surface area contributed by atoms with Gasteiger partial charge in [0.15, 0.2) is 0 Å². The number of hydrogen-bond donors (Lipinski definition) is 1. The Kier molecular flexibility index (Phi) is 4.39. The number of rotatable bonds is 6. The summed E-state index contributed by atoms with van der Waals surface area (Å²) in [6.07, 6.45) is -2.38. The molecule has 0 amide bonds. The van der Waals surface area contributed by atoms with Crippen LogP contribution in [0.4, 0.5) is 13.2 Å². The Bertz CT molecular complexity index is 293. The second kappa shape index (κ2) is 5.23. The maximum atomic E-state index is 12.3. The van der Waals surface area contributed by atoms with Crippen molar-refractivity contribution < 1.29 is 13.2 Å². The molecule has 3 nitrogen and oxygen atoms in total. The topological polar surface area (TPSA) is 39.1 Å². The smallest absolute Gasteiger partial charge is 0.301 e. The van der Waals surface area contributed by atoms with Crippen LogP contribution in [0.3, 0.4) is 0 Å². The number of alkyl halides is 3. The molecule has 1 rings (SSSR count). The van der Waals surface area contributed by atoms with Gasteiger partial charge >= 0.3 is 6.18 Å². The molecule has 1 aliphatic carbocycles. The van der Waals surface area contributed by atoms with Gasteiger partial charge in [-0.2, -0.15) is 18.4 Å². The number of halogens is 3. The van der Waals surface area contributed by atoms with Crippen molar-refractivity contribution in [1.29, 1.82) is 5.26 Å². The first-order valence-corrected chi connectivity index (χ1v) is 5.76. The Balaban J connectivity index is 2.68. The van der Waals surface area contributed by atoms with Gasteiger partial charge < -0.3 is 5.32 Å². The molecular formula is C11H18F3N3. The van der Waals surface area contributed by atoms with E-state index in [1.54, 1.807) is 14.0 Å². The normalized spacial score (nSPS) is 20.1. The van der Waals surface area contributed by atoms with Crippen LogP contribution in [0.2, 0.25) is 0 Å². The molecule has 1 saturated carbocycles. The van der Waals surface area contributed by atoms with E-state index in [0.29, 0.717) is 0 Å². The third kappa shape index (κ3) is 3.86. The minimum Gasteiger partial charge on any atom is -0.301 e. The second-order valence-electron chi connectivity index (χ2n) is 4.53. The summed E-state index contributed by atoms with van der Waals surface area (Å²) < 4.78 is 37.0. The third-order valence-corrected chi connectivity index (χ3v) is 3.24. The molecule has 0 heterocycles. The van der Waals surface area contributed by atoms with E-state index < -0.39 is 18.3 Å². The van der Waals surface area contributed by atoms with Crippen molar-refractivity contribution in [3.8, 4) is 6.07 Å². The predicted octanol–water partition coefficient (Wildman–Crippen LogP) is 1.76. The highest BCUT2D eigenvalue weighted by molar-refractivity contribution is 5.16. The molecule has 0 aromatic rings. The molecule has 0 radical (unpaired) electrons. The van der Waals surface area contributed by atoms with Crippen LogP contribution in [-0.4, -0.2) is 43.3 Å². The van der Waals surface area contributed by atoms with Crippen molar-refractivity contribution in [3.05, 3.63) is 0 Å². The summed E-state index contributed by atoms with van der Waals surface area (Å²) in [6, 6.07) is 2.16. The molecule has 0 bridgehead atoms. The molecule has 0 saturated heterocycles. The van der Waals surface area contributed by atoms with E-state index in [1.165, 1.54) is 4.90 Å². The summed E-state index contributed by atoms with van der Waals surface area (Å²) in [5, 5.41) is 12.1. The molecule has 1 aliphatic rings. The summed E-state index contributed by atoms with van der Waals surface area (Å²) in [5.41, 5.74) is -0.832. The van der Waals surface area contributed by atoms with Crippen LogP contribution in [0.15, 0.2) is 0 Å². The van der Waals surface area contributed by atoms with Gasteiger partial charge in [-0.1, -0.05) is 6.92 Å². The molecule has 1 fully saturated rings. The molecule has 98 valence electrons. The van der Waals surface area contributed by atoms with Crippen LogP contribution < -0.4 is 5.32 Å². The minimum absolute atomic E-state index is 0.126. The predicted molar refractivity (Wildman–Crippen MR) is 58.3 cm³/mol. The van der Waals surface area contributed by atoms with Gasteiger partial charge in [0.25, 0.3) is 0 Å². The third-order valence-electron chi connectivity index (χ3n) is 3.24. The minimum atomic E-state index is -4.21. The standard InChI is InChI=1S/C11H18F3N3/c1-3-17(8-11(12,13)14)7-10(6-15,16-2)9-4-5-9/h9,16H,3-5,7-8H2,1-2H3. The Morgan fingerprint density at radius 2 is 1.94 bits per heavy atom. The van der Waals surface area contributed by atoms with E-state index in [4.69, 9.17) is 0 Å². The number of likely N-dealkylation sites (N-methyl/N-ethyl adjacent to an activating group) is 2. The lowest BCUT2D eigenvalue weighted by Crippen LogP contribution is -2.54. The monoisotopic (exact) mass is 249 g/mol. The van der Waals surface area contributed by atoms with E-state index in [2.05, 4.69) is 11.4 Å². The first-order chi connectivity index (χ1) is 7.87. The molecule has 1 N–H and O–H groups in total. The molecule has 6 heteroatoms. The Labute approximate surface area is 99.6 Å². The van der Waals surface area contributed by atoms with Gasteiger partial charge in [-0.25, -0.2) is 0 Å². The number of nitriles is 1. The highest BCUT2D eigenvalue weighted by atomic mass is 19.4. The molecule has 0 aliphatic heterocycles. The van der Waals surface area contributed by atoms with Crippen molar-refractivity contribution in [2.45, 2.75) is 31.5 Å². The molecular weight excluding hydrogens is 231 g/mol. The largest absolute Gasteiger partial charge is 0.401 e. The zero-order chi connectivity index (χ0) is 13.1. The van der Waals surface area contributed by atoms with Gasteiger partial charge in [-0.15, -0.1) is 0 Å². The van der Waals surface area contributed by atoms with Gasteiger partial charge in [0, 0.05) is 6.54 Å². The first-order valence-electron chi connectivity index (χ1n) is 5.76. The van der Waals surface area contributed by atoms with Crippen LogP contribution in [0.5, 0.6) is 0 Å². The maximum absolute atomic E-state index is 12.3. The fraction of sp³-hybridized carbons (Fsp3) is 0.909. The van der Waals surface area contributed by atoms with Gasteiger partial charge in [-0.05, 0) is 32.4 Å². The van der Waals surface area contributed by atoms with Crippen LogP contribution in [0, 0.1) is 17.2 Å². The Morgan fingerprint density at radius 3 is 2.24 bits per heavy atom. The highest BCUT2D eigenvalue weighted by Gasteiger charge is 2.46. The zero-order valence-corrected chi connectivity index (χ0v) is 10.1. The van der Waals surface area contributed by atoms with Crippen molar-refractivity contribution >= 4 is 0 Å². The van der Waals surface area contributed by atoms with Crippen LogP contribution >= 0.6 is 0 Å². The quantitative estimate of drug-likeness (QED) is 0.779. The van der Waals surface area contributed by atoms with E-state index in [-0.39, 0.29) is 19.0 Å². The maximum Gasteiger partial charge on any atom is 0.401 e. The summed E-state index contributed by atoms with van der Waals surface area (Å²) in [7, 11) is 1.64. The molecule has 1 unspecified atom stereocenters. The van der Waals surface area contributed by atoms with E-state index in [9.17, 15) is 18.4 Å². The Hall–Kier alpha value is -0.800. The van der Waals surface area contributed by atoms with E-state index in [0.717, 1.165) is 12.8 Å². The summed E-state index contributed by atoms with van der Waals surface area (Å²) in [6.45, 7) is 1.13. The summed E-state index contributed by atoms with van der Waals surface area (Å²) >= 11 is 0. The van der Waals surface area contributed by atoms with Crippen molar-refractivity contribution in [2.24, 2.45) is 5.92 Å². The molecule has 0 aromatic heterocycles. The van der Waals surface area contributed by atoms with Gasteiger partial charge in [0.1, 0.15) is 5.54 Å². The Morgan fingerprint density at radius 1 is 1.35 bits per heavy atom. The fourth-order valence-corrected chi connectivity index (χ4v) is 2.06. The van der Waals surface area contributed by atoms with E-state index in [1.807, 2.05) is 0 Å².